The number of rotatable bonds is 6. The quantitative estimate of drug-likeness (QED) is 0.167. The molecule has 0 aliphatic heterocycles. The van der Waals surface area contributed by atoms with Crippen LogP contribution in [-0.2, 0) is 5.41 Å². The summed E-state index contributed by atoms with van der Waals surface area (Å²) in [7, 11) is 0. The zero-order valence-corrected chi connectivity index (χ0v) is 30.6. The molecule has 252 valence electrons. The van der Waals surface area contributed by atoms with Crippen molar-refractivity contribution in [2.45, 2.75) is 19.3 Å². The Morgan fingerprint density at radius 2 is 0.925 bits per heavy atom. The SMILES string of the molecule is CC1(C)c2ccccc2-c2cc(-c3ccc(N(c4cc(-c5ccccc5)cc(-c5ccccc5)c4)c4ccc5c(c4)sc4ccccc45)cc3)ccc21. The van der Waals surface area contributed by atoms with Gasteiger partial charge in [-0.3, -0.25) is 0 Å². The predicted molar refractivity (Wildman–Crippen MR) is 228 cm³/mol. The van der Waals surface area contributed by atoms with Gasteiger partial charge in [0.05, 0.1) is 0 Å². The third-order valence-electron chi connectivity index (χ3n) is 11.1. The molecule has 1 nitrogen and oxygen atoms in total. The molecule has 8 aromatic carbocycles. The van der Waals surface area contributed by atoms with Crippen LogP contribution in [0.4, 0.5) is 17.1 Å². The fraction of sp³-hybridized carbons (Fsp3) is 0.0588. The number of hydrogen-bond acceptors (Lipinski definition) is 2. The van der Waals surface area contributed by atoms with E-state index in [2.05, 4.69) is 207 Å². The van der Waals surface area contributed by atoms with Crippen molar-refractivity contribution in [2.24, 2.45) is 0 Å². The minimum Gasteiger partial charge on any atom is -0.310 e. The summed E-state index contributed by atoms with van der Waals surface area (Å²) >= 11 is 1.86. The molecule has 0 atom stereocenters. The van der Waals surface area contributed by atoms with Gasteiger partial charge < -0.3 is 4.90 Å². The van der Waals surface area contributed by atoms with E-state index in [4.69, 9.17) is 0 Å². The Bertz CT molecular complexity index is 2730. The zero-order chi connectivity index (χ0) is 35.5. The molecule has 1 aliphatic carbocycles. The Labute approximate surface area is 315 Å². The highest BCUT2D eigenvalue weighted by atomic mass is 32.1. The van der Waals surface area contributed by atoms with Gasteiger partial charge in [0.2, 0.25) is 0 Å². The Balaban J connectivity index is 1.13. The second-order valence-corrected chi connectivity index (χ2v) is 15.7. The van der Waals surface area contributed by atoms with Gasteiger partial charge in [-0.2, -0.15) is 0 Å². The summed E-state index contributed by atoms with van der Waals surface area (Å²) in [5.74, 6) is 0. The van der Waals surface area contributed by atoms with Crippen molar-refractivity contribution < 1.29 is 0 Å². The lowest BCUT2D eigenvalue weighted by Crippen LogP contribution is -2.14. The van der Waals surface area contributed by atoms with Gasteiger partial charge in [-0.05, 0) is 110 Å². The molecule has 1 aromatic heterocycles. The Morgan fingerprint density at radius 3 is 1.66 bits per heavy atom. The monoisotopic (exact) mass is 695 g/mol. The van der Waals surface area contributed by atoms with Crippen molar-refractivity contribution in [1.29, 1.82) is 0 Å². The van der Waals surface area contributed by atoms with E-state index in [1.807, 2.05) is 11.3 Å². The van der Waals surface area contributed by atoms with Gasteiger partial charge in [0.15, 0.2) is 0 Å². The van der Waals surface area contributed by atoms with Crippen LogP contribution in [0, 0.1) is 0 Å². The lowest BCUT2D eigenvalue weighted by Gasteiger charge is -2.27. The number of anilines is 3. The van der Waals surface area contributed by atoms with Gasteiger partial charge in [-0.25, -0.2) is 0 Å². The van der Waals surface area contributed by atoms with Crippen LogP contribution >= 0.6 is 11.3 Å². The fourth-order valence-electron chi connectivity index (χ4n) is 8.34. The van der Waals surface area contributed by atoms with E-state index in [9.17, 15) is 0 Å². The number of benzene rings is 8. The molecule has 10 rings (SSSR count). The highest BCUT2D eigenvalue weighted by molar-refractivity contribution is 7.25. The van der Waals surface area contributed by atoms with Gasteiger partial charge in [-0.1, -0.05) is 147 Å². The normalized spacial score (nSPS) is 12.9. The molecule has 0 fully saturated rings. The predicted octanol–water partition coefficient (Wildman–Crippen LogP) is 14.8. The molecule has 9 aromatic rings. The van der Waals surface area contributed by atoms with Crippen LogP contribution in [-0.4, -0.2) is 0 Å². The van der Waals surface area contributed by atoms with Gasteiger partial charge in [-0.15, -0.1) is 11.3 Å². The molecule has 0 bridgehead atoms. The average molecular weight is 696 g/mol. The molecular weight excluding hydrogens is 659 g/mol. The van der Waals surface area contributed by atoms with E-state index in [1.54, 1.807) is 0 Å². The van der Waals surface area contributed by atoms with E-state index in [0.29, 0.717) is 0 Å². The third kappa shape index (κ3) is 5.37. The molecule has 1 heterocycles. The van der Waals surface area contributed by atoms with E-state index >= 15 is 0 Å². The third-order valence-corrected chi connectivity index (χ3v) is 12.2. The van der Waals surface area contributed by atoms with Crippen LogP contribution in [0.15, 0.2) is 188 Å². The second kappa shape index (κ2) is 12.5. The van der Waals surface area contributed by atoms with Crippen LogP contribution in [0.25, 0.3) is 64.7 Å². The molecule has 0 amide bonds. The molecule has 0 radical (unpaired) electrons. The van der Waals surface area contributed by atoms with E-state index in [0.717, 1.165) is 17.1 Å². The van der Waals surface area contributed by atoms with Crippen LogP contribution < -0.4 is 4.90 Å². The maximum Gasteiger partial charge on any atom is 0.0476 e. The van der Waals surface area contributed by atoms with Crippen molar-refractivity contribution >= 4 is 48.6 Å². The second-order valence-electron chi connectivity index (χ2n) is 14.6. The zero-order valence-electron chi connectivity index (χ0n) is 29.8. The summed E-state index contributed by atoms with van der Waals surface area (Å²) in [6.07, 6.45) is 0. The van der Waals surface area contributed by atoms with E-state index in [-0.39, 0.29) is 5.41 Å². The number of fused-ring (bicyclic) bond motifs is 6. The first kappa shape index (κ1) is 31.5. The standard InChI is InChI=1S/C51H37NS/c1-51(2)47-19-11-9-17-43(47)46-32-37(23-28-48(46)51)36-21-24-40(25-22-36)52(41-26-27-45-44-18-10-12-20-49(44)53-50(45)33-41)42-30-38(34-13-5-3-6-14-34)29-39(31-42)35-15-7-4-8-16-35/h3-33H,1-2H3. The minimum atomic E-state index is -0.00276. The van der Waals surface area contributed by atoms with Crippen molar-refractivity contribution in [3.63, 3.8) is 0 Å². The first-order valence-corrected chi connectivity index (χ1v) is 19.2. The number of nitrogens with zero attached hydrogens (tertiary/aromatic N) is 1. The van der Waals surface area contributed by atoms with Gasteiger partial charge in [0.25, 0.3) is 0 Å². The smallest absolute Gasteiger partial charge is 0.0476 e. The van der Waals surface area contributed by atoms with Crippen LogP contribution in [0.2, 0.25) is 0 Å². The maximum absolute atomic E-state index is 2.42. The highest BCUT2D eigenvalue weighted by Gasteiger charge is 2.35. The van der Waals surface area contributed by atoms with Crippen molar-refractivity contribution in [1.82, 2.24) is 0 Å². The summed E-state index contributed by atoms with van der Waals surface area (Å²) in [5, 5.41) is 2.61. The van der Waals surface area contributed by atoms with Gasteiger partial charge in [0.1, 0.15) is 0 Å². The Morgan fingerprint density at radius 1 is 0.358 bits per heavy atom. The number of thiophene rings is 1. The fourth-order valence-corrected chi connectivity index (χ4v) is 9.48. The Kier molecular flexibility index (Phi) is 7.42. The van der Waals surface area contributed by atoms with Gasteiger partial charge >= 0.3 is 0 Å². The first-order chi connectivity index (χ1) is 26.0. The van der Waals surface area contributed by atoms with Crippen LogP contribution in [0.3, 0.4) is 0 Å². The first-order valence-electron chi connectivity index (χ1n) is 18.3. The van der Waals surface area contributed by atoms with Crippen molar-refractivity contribution in [3.8, 4) is 44.5 Å². The molecule has 53 heavy (non-hydrogen) atoms. The highest BCUT2D eigenvalue weighted by Crippen LogP contribution is 2.50. The lowest BCUT2D eigenvalue weighted by molar-refractivity contribution is 0.660. The minimum absolute atomic E-state index is 0.00276. The molecule has 0 spiro atoms. The average Bonchev–Trinajstić information content (AvgIpc) is 3.70. The summed E-state index contributed by atoms with van der Waals surface area (Å²) in [5.41, 5.74) is 16.1. The van der Waals surface area contributed by atoms with Crippen LogP contribution in [0.1, 0.15) is 25.0 Å². The largest absolute Gasteiger partial charge is 0.310 e. The molecule has 1 aliphatic rings. The van der Waals surface area contributed by atoms with Crippen molar-refractivity contribution in [2.75, 3.05) is 4.90 Å². The topological polar surface area (TPSA) is 3.24 Å². The van der Waals surface area contributed by atoms with E-state index in [1.165, 1.54) is 75.8 Å². The number of hydrogen-bond donors (Lipinski definition) is 0. The summed E-state index contributed by atoms with van der Waals surface area (Å²) in [6, 6.07) is 69.2. The van der Waals surface area contributed by atoms with Gasteiger partial charge in [0, 0.05) is 42.6 Å². The Hall–Kier alpha value is -6.22. The molecular formula is C51H37NS. The lowest BCUT2D eigenvalue weighted by atomic mass is 9.82. The molecule has 0 saturated heterocycles. The molecule has 0 saturated carbocycles. The van der Waals surface area contributed by atoms with Crippen molar-refractivity contribution in [3.05, 3.63) is 199 Å². The maximum atomic E-state index is 2.42. The summed E-state index contributed by atoms with van der Waals surface area (Å²) in [6.45, 7) is 4.68. The summed E-state index contributed by atoms with van der Waals surface area (Å²) < 4.78 is 2.60. The van der Waals surface area contributed by atoms with E-state index < -0.39 is 0 Å². The molecule has 2 heteroatoms. The molecule has 0 N–H and O–H groups in total. The molecule has 0 unspecified atom stereocenters. The van der Waals surface area contributed by atoms with Crippen LogP contribution in [0.5, 0.6) is 0 Å². The summed E-state index contributed by atoms with van der Waals surface area (Å²) in [4.78, 5) is 2.42.